The lowest BCUT2D eigenvalue weighted by atomic mass is 10.3. The smallest absolute Gasteiger partial charge is 0.388 e. The number of aromatic nitrogens is 1. The molecule has 0 aliphatic carbocycles. The molecule has 1 heterocycles. The maximum absolute atomic E-state index is 12.0. The van der Waals surface area contributed by atoms with Crippen LogP contribution in [-0.4, -0.2) is 19.8 Å². The maximum atomic E-state index is 12.0. The first-order chi connectivity index (χ1) is 7.50. The van der Waals surface area contributed by atoms with Gasteiger partial charge in [0.15, 0.2) is 0 Å². The molecular weight excluding hydrogens is 397 g/mol. The fourth-order valence-electron chi connectivity index (χ4n) is 0.997. The van der Waals surface area contributed by atoms with E-state index in [4.69, 9.17) is 10.7 Å². The summed E-state index contributed by atoms with van der Waals surface area (Å²) < 4.78 is 62.0. The number of pyridine rings is 1. The van der Waals surface area contributed by atoms with E-state index in [1.165, 1.54) is 0 Å². The van der Waals surface area contributed by atoms with Crippen LogP contribution in [0.2, 0.25) is 0 Å². The van der Waals surface area contributed by atoms with Gasteiger partial charge in [0.05, 0.1) is 4.90 Å². The zero-order valence-corrected chi connectivity index (χ0v) is 11.8. The van der Waals surface area contributed by atoms with Gasteiger partial charge in [-0.2, -0.15) is 0 Å². The zero-order chi connectivity index (χ0) is 13.4. The molecule has 0 aromatic carbocycles. The third kappa shape index (κ3) is 4.14. The number of alkyl halides is 3. The molecule has 4 nitrogen and oxygen atoms in total. The summed E-state index contributed by atoms with van der Waals surface area (Å²) >= 11 is 1.56. The normalized spacial score (nSPS) is 12.6. The van der Waals surface area contributed by atoms with Crippen molar-refractivity contribution in [2.75, 3.05) is 0 Å². The van der Waals surface area contributed by atoms with Crippen LogP contribution in [0.1, 0.15) is 5.56 Å². The monoisotopic (exact) mass is 401 g/mol. The minimum Gasteiger partial charge on any atom is -0.388 e. The Kier molecular flexibility index (Phi) is 4.14. The van der Waals surface area contributed by atoms with Gasteiger partial charge in [-0.15, -0.1) is 13.2 Å². The molecule has 0 spiro atoms. The number of rotatable bonds is 2. The van der Waals surface area contributed by atoms with Crippen LogP contribution >= 0.6 is 33.3 Å². The van der Waals surface area contributed by atoms with Crippen molar-refractivity contribution in [2.45, 2.75) is 18.2 Å². The molecule has 0 saturated carbocycles. The second-order valence-corrected chi connectivity index (χ2v) is 6.50. The van der Waals surface area contributed by atoms with E-state index in [0.717, 1.165) is 13.0 Å². The van der Waals surface area contributed by atoms with Crippen molar-refractivity contribution in [2.24, 2.45) is 0 Å². The predicted molar refractivity (Wildman–Crippen MR) is 61.4 cm³/mol. The average molecular weight is 402 g/mol. The Morgan fingerprint density at radius 3 is 2.41 bits per heavy atom. The van der Waals surface area contributed by atoms with E-state index in [-0.39, 0.29) is 9.26 Å². The van der Waals surface area contributed by atoms with Gasteiger partial charge in [0.2, 0.25) is 5.88 Å². The molecule has 0 saturated heterocycles. The first-order valence-electron chi connectivity index (χ1n) is 3.88. The standard InChI is InChI=1S/C7H4ClF3INO3S/c1-3-4(17(8,14)15)2-5(12)13-6(3)16-7(9,10)11/h2H,1H3. The number of hydrogen-bond donors (Lipinski definition) is 0. The highest BCUT2D eigenvalue weighted by atomic mass is 127. The molecule has 17 heavy (non-hydrogen) atoms. The summed E-state index contributed by atoms with van der Waals surface area (Å²) in [6.45, 7) is 1.12. The molecule has 0 unspecified atom stereocenters. The molecule has 0 atom stereocenters. The molecular formula is C7H4ClF3INO3S. The maximum Gasteiger partial charge on any atom is 0.574 e. The molecule has 0 fully saturated rings. The topological polar surface area (TPSA) is 56.3 Å². The lowest BCUT2D eigenvalue weighted by molar-refractivity contribution is -0.276. The Morgan fingerprint density at radius 2 is 2.00 bits per heavy atom. The highest BCUT2D eigenvalue weighted by Crippen LogP contribution is 2.30. The van der Waals surface area contributed by atoms with Gasteiger partial charge in [-0.1, -0.05) is 0 Å². The summed E-state index contributed by atoms with van der Waals surface area (Å²) in [5.74, 6) is -0.830. The van der Waals surface area contributed by atoms with Crippen molar-refractivity contribution in [3.05, 3.63) is 15.3 Å². The summed E-state index contributed by atoms with van der Waals surface area (Å²) in [6, 6.07) is 1.06. The Bertz CT molecular complexity index is 546. The summed E-state index contributed by atoms with van der Waals surface area (Å²) in [5.41, 5.74) is -0.294. The number of halogens is 5. The fourth-order valence-corrected chi connectivity index (χ4v) is 2.93. The quantitative estimate of drug-likeness (QED) is 0.434. The Hall–Kier alpha value is -0.290. The molecule has 0 aliphatic heterocycles. The van der Waals surface area contributed by atoms with Crippen LogP contribution in [-0.2, 0) is 9.05 Å². The van der Waals surface area contributed by atoms with Crippen LogP contribution in [0.15, 0.2) is 11.0 Å². The van der Waals surface area contributed by atoms with E-state index >= 15 is 0 Å². The summed E-state index contributed by atoms with van der Waals surface area (Å²) in [7, 11) is 0.929. The molecule has 10 heteroatoms. The minimum absolute atomic E-state index is 0.0201. The van der Waals surface area contributed by atoms with Gasteiger partial charge >= 0.3 is 6.36 Å². The first kappa shape index (κ1) is 14.8. The summed E-state index contributed by atoms with van der Waals surface area (Å²) in [6.07, 6.45) is -4.95. The molecule has 0 N–H and O–H groups in total. The lowest BCUT2D eigenvalue weighted by Gasteiger charge is -2.12. The van der Waals surface area contributed by atoms with Crippen molar-refractivity contribution >= 4 is 42.3 Å². The molecule has 0 radical (unpaired) electrons. The van der Waals surface area contributed by atoms with Crippen molar-refractivity contribution < 1.29 is 26.3 Å². The molecule has 0 aliphatic rings. The van der Waals surface area contributed by atoms with E-state index < -0.39 is 26.2 Å². The van der Waals surface area contributed by atoms with Gasteiger partial charge in [0.25, 0.3) is 9.05 Å². The third-order valence-corrected chi connectivity index (χ3v) is 3.62. The Labute approximate surface area is 113 Å². The number of nitrogens with zero attached hydrogens (tertiary/aromatic N) is 1. The highest BCUT2D eigenvalue weighted by molar-refractivity contribution is 14.1. The molecule has 96 valence electrons. The molecule has 0 amide bonds. The number of ether oxygens (including phenoxy) is 1. The van der Waals surface area contributed by atoms with Gasteiger partial charge in [-0.25, -0.2) is 13.4 Å². The van der Waals surface area contributed by atoms with Gasteiger partial charge in [0, 0.05) is 16.2 Å². The molecule has 1 rings (SSSR count). The van der Waals surface area contributed by atoms with Crippen molar-refractivity contribution in [3.8, 4) is 5.88 Å². The van der Waals surface area contributed by atoms with Crippen LogP contribution in [0.5, 0.6) is 5.88 Å². The minimum atomic E-state index is -4.95. The van der Waals surface area contributed by atoms with Gasteiger partial charge in [-0.3, -0.25) is 0 Å². The second-order valence-electron chi connectivity index (χ2n) is 2.86. The molecule has 1 aromatic heterocycles. The van der Waals surface area contributed by atoms with Gasteiger partial charge < -0.3 is 4.74 Å². The largest absolute Gasteiger partial charge is 0.574 e. The first-order valence-corrected chi connectivity index (χ1v) is 7.27. The fraction of sp³-hybridized carbons (Fsp3) is 0.286. The highest BCUT2D eigenvalue weighted by Gasteiger charge is 2.33. The van der Waals surface area contributed by atoms with E-state index in [2.05, 4.69) is 9.72 Å². The zero-order valence-electron chi connectivity index (χ0n) is 8.05. The van der Waals surface area contributed by atoms with Crippen molar-refractivity contribution in [3.63, 3.8) is 0 Å². The predicted octanol–water partition coefficient (Wildman–Crippen LogP) is 2.82. The van der Waals surface area contributed by atoms with E-state index in [9.17, 15) is 21.6 Å². The second kappa shape index (κ2) is 4.76. The van der Waals surface area contributed by atoms with Crippen molar-refractivity contribution in [1.29, 1.82) is 0 Å². The summed E-state index contributed by atoms with van der Waals surface area (Å²) in [4.78, 5) is 2.99. The Balaban J connectivity index is 3.40. The van der Waals surface area contributed by atoms with E-state index in [0.29, 0.717) is 0 Å². The number of hydrogen-bond acceptors (Lipinski definition) is 4. The van der Waals surface area contributed by atoms with Crippen LogP contribution in [0, 0.1) is 10.6 Å². The van der Waals surface area contributed by atoms with E-state index in [1.807, 2.05) is 0 Å². The average Bonchev–Trinajstić information content (AvgIpc) is 2.06. The third-order valence-electron chi connectivity index (χ3n) is 1.62. The van der Waals surface area contributed by atoms with Crippen molar-refractivity contribution in [1.82, 2.24) is 4.98 Å². The van der Waals surface area contributed by atoms with Crippen LogP contribution < -0.4 is 4.74 Å². The SMILES string of the molecule is Cc1c(S(=O)(=O)Cl)cc(I)nc1OC(F)(F)F. The molecule has 1 aromatic rings. The van der Waals surface area contributed by atoms with Crippen LogP contribution in [0.4, 0.5) is 13.2 Å². The summed E-state index contributed by atoms with van der Waals surface area (Å²) in [5, 5.41) is 0. The van der Waals surface area contributed by atoms with Gasteiger partial charge in [-0.05, 0) is 35.6 Å². The lowest BCUT2D eigenvalue weighted by Crippen LogP contribution is -2.19. The van der Waals surface area contributed by atoms with Crippen LogP contribution in [0.25, 0.3) is 0 Å². The molecule has 0 bridgehead atoms. The van der Waals surface area contributed by atoms with Gasteiger partial charge in [0.1, 0.15) is 3.70 Å². The van der Waals surface area contributed by atoms with E-state index in [1.54, 1.807) is 22.6 Å². The Morgan fingerprint density at radius 1 is 1.47 bits per heavy atom. The van der Waals surface area contributed by atoms with Crippen LogP contribution in [0.3, 0.4) is 0 Å².